The molecular formula is C14H17BrN4S. The number of benzene rings is 1. The first-order valence-corrected chi connectivity index (χ1v) is 8.27. The minimum Gasteiger partial charge on any atom is -0.373 e. The second-order valence-corrected chi connectivity index (χ2v) is 5.99. The summed E-state index contributed by atoms with van der Waals surface area (Å²) in [6.45, 7) is 2.11. The van der Waals surface area contributed by atoms with Crippen molar-refractivity contribution < 1.29 is 0 Å². The van der Waals surface area contributed by atoms with E-state index in [1.54, 1.807) is 0 Å². The van der Waals surface area contributed by atoms with Crippen molar-refractivity contribution in [3.8, 4) is 0 Å². The molecule has 0 bridgehead atoms. The van der Waals surface area contributed by atoms with E-state index >= 15 is 0 Å². The normalized spacial score (nSPS) is 12.0. The van der Waals surface area contributed by atoms with E-state index in [1.807, 2.05) is 31.5 Å². The summed E-state index contributed by atoms with van der Waals surface area (Å²) in [7, 11) is 1.86. The summed E-state index contributed by atoms with van der Waals surface area (Å²) in [6.07, 6.45) is 1.97. The summed E-state index contributed by atoms with van der Waals surface area (Å²) in [5.41, 5.74) is 1.20. The van der Waals surface area contributed by atoms with Crippen LogP contribution in [0.3, 0.4) is 0 Å². The molecule has 1 aromatic heterocycles. The Morgan fingerprint density at radius 1 is 1.20 bits per heavy atom. The Kier molecular flexibility index (Phi) is 5.25. The van der Waals surface area contributed by atoms with Crippen LogP contribution in [0.1, 0.15) is 18.5 Å². The molecule has 20 heavy (non-hydrogen) atoms. The molecule has 6 heteroatoms. The number of aromatic nitrogens is 2. The van der Waals surface area contributed by atoms with Gasteiger partial charge in [-0.2, -0.15) is 0 Å². The number of hydrogen-bond donors (Lipinski definition) is 2. The summed E-state index contributed by atoms with van der Waals surface area (Å²) in [5.74, 6) is 1.63. The van der Waals surface area contributed by atoms with Gasteiger partial charge in [0.25, 0.3) is 0 Å². The molecular weight excluding hydrogens is 336 g/mol. The zero-order valence-electron chi connectivity index (χ0n) is 11.6. The summed E-state index contributed by atoms with van der Waals surface area (Å²) in [6, 6.07) is 10.3. The highest BCUT2D eigenvalue weighted by Gasteiger charge is 2.09. The lowest BCUT2D eigenvalue weighted by Gasteiger charge is -2.16. The van der Waals surface area contributed by atoms with Crippen LogP contribution in [0.15, 0.2) is 40.0 Å². The molecule has 1 heterocycles. The van der Waals surface area contributed by atoms with Gasteiger partial charge in [-0.3, -0.25) is 0 Å². The van der Waals surface area contributed by atoms with E-state index in [-0.39, 0.29) is 6.04 Å². The lowest BCUT2D eigenvalue weighted by atomic mass is 10.1. The molecule has 0 aliphatic rings. The molecule has 1 atom stereocenters. The van der Waals surface area contributed by atoms with Gasteiger partial charge in [0.05, 0.1) is 0 Å². The van der Waals surface area contributed by atoms with E-state index in [9.17, 15) is 0 Å². The number of halogens is 1. The Morgan fingerprint density at radius 2 is 1.95 bits per heavy atom. The molecule has 4 nitrogen and oxygen atoms in total. The van der Waals surface area contributed by atoms with Gasteiger partial charge < -0.3 is 10.6 Å². The van der Waals surface area contributed by atoms with Crippen molar-refractivity contribution in [1.29, 1.82) is 0 Å². The van der Waals surface area contributed by atoms with Crippen LogP contribution in [-0.2, 0) is 0 Å². The van der Waals surface area contributed by atoms with Crippen molar-refractivity contribution in [3.05, 3.63) is 40.4 Å². The van der Waals surface area contributed by atoms with Gasteiger partial charge in [0, 0.05) is 23.6 Å². The van der Waals surface area contributed by atoms with E-state index in [0.29, 0.717) is 0 Å². The van der Waals surface area contributed by atoms with E-state index < -0.39 is 0 Å². The fourth-order valence-electron chi connectivity index (χ4n) is 1.80. The number of thioether (sulfide) groups is 1. The van der Waals surface area contributed by atoms with Gasteiger partial charge in [0.2, 0.25) is 0 Å². The van der Waals surface area contributed by atoms with Crippen LogP contribution in [0.25, 0.3) is 0 Å². The fourth-order valence-corrected chi connectivity index (χ4v) is 2.60. The lowest BCUT2D eigenvalue weighted by Crippen LogP contribution is -2.09. The van der Waals surface area contributed by atoms with E-state index in [1.165, 1.54) is 17.3 Å². The van der Waals surface area contributed by atoms with Gasteiger partial charge in [-0.05, 0) is 30.9 Å². The molecule has 0 saturated heterocycles. The first-order chi connectivity index (χ1) is 9.62. The third kappa shape index (κ3) is 3.86. The van der Waals surface area contributed by atoms with Crippen molar-refractivity contribution in [2.24, 2.45) is 0 Å². The maximum Gasteiger partial charge on any atom is 0.191 e. The summed E-state index contributed by atoms with van der Waals surface area (Å²) in [5, 5.41) is 7.21. The van der Waals surface area contributed by atoms with Crippen LogP contribution in [0.4, 0.5) is 11.6 Å². The van der Waals surface area contributed by atoms with Crippen LogP contribution in [0.2, 0.25) is 0 Å². The minimum atomic E-state index is 0.168. The number of anilines is 2. The topological polar surface area (TPSA) is 49.8 Å². The first-order valence-electron chi connectivity index (χ1n) is 6.25. The highest BCUT2D eigenvalue weighted by molar-refractivity contribution is 9.10. The van der Waals surface area contributed by atoms with Crippen molar-refractivity contribution in [1.82, 2.24) is 9.97 Å². The average Bonchev–Trinajstić information content (AvgIpc) is 2.46. The lowest BCUT2D eigenvalue weighted by molar-refractivity contribution is 0.856. The van der Waals surface area contributed by atoms with Gasteiger partial charge in [-0.15, -0.1) is 0 Å². The second-order valence-electron chi connectivity index (χ2n) is 4.30. The molecule has 1 aromatic carbocycles. The third-order valence-corrected chi connectivity index (χ3v) is 3.90. The largest absolute Gasteiger partial charge is 0.373 e. The predicted octanol–water partition coefficient (Wildman–Crippen LogP) is 4.18. The van der Waals surface area contributed by atoms with Gasteiger partial charge in [0.15, 0.2) is 5.16 Å². The Bertz CT molecular complexity index is 569. The van der Waals surface area contributed by atoms with Crippen molar-refractivity contribution >= 4 is 39.3 Å². The zero-order chi connectivity index (χ0) is 14.5. The minimum absolute atomic E-state index is 0.168. The summed E-state index contributed by atoms with van der Waals surface area (Å²) < 4.78 is 1.08. The summed E-state index contributed by atoms with van der Waals surface area (Å²) in [4.78, 5) is 8.83. The molecule has 0 radical (unpaired) electrons. The molecule has 2 rings (SSSR count). The van der Waals surface area contributed by atoms with Crippen LogP contribution in [0, 0.1) is 0 Å². The van der Waals surface area contributed by atoms with Crippen molar-refractivity contribution in [3.63, 3.8) is 0 Å². The second kappa shape index (κ2) is 6.95. The fraction of sp³-hybridized carbons (Fsp3) is 0.286. The van der Waals surface area contributed by atoms with Crippen molar-refractivity contribution in [2.45, 2.75) is 18.1 Å². The molecule has 2 N–H and O–H groups in total. The molecule has 0 aliphatic heterocycles. The third-order valence-electron chi connectivity index (χ3n) is 2.86. The first kappa shape index (κ1) is 15.1. The van der Waals surface area contributed by atoms with Crippen LogP contribution < -0.4 is 10.6 Å². The quantitative estimate of drug-likeness (QED) is 0.624. The summed E-state index contributed by atoms with van der Waals surface area (Å²) >= 11 is 5.02. The number of nitrogens with zero attached hydrogens (tertiary/aromatic N) is 2. The molecule has 0 aliphatic carbocycles. The Labute approximate surface area is 131 Å². The maximum atomic E-state index is 4.48. The van der Waals surface area contributed by atoms with E-state index in [2.05, 4.69) is 55.6 Å². The Balaban J connectivity index is 2.20. The molecule has 106 valence electrons. The Hall–Kier alpha value is -1.27. The van der Waals surface area contributed by atoms with E-state index in [4.69, 9.17) is 0 Å². The number of rotatable bonds is 5. The zero-order valence-corrected chi connectivity index (χ0v) is 14.0. The molecule has 0 fully saturated rings. The monoisotopic (exact) mass is 352 g/mol. The highest BCUT2D eigenvalue weighted by Crippen LogP contribution is 2.23. The van der Waals surface area contributed by atoms with Crippen LogP contribution in [0.5, 0.6) is 0 Å². The molecule has 0 amide bonds. The molecule has 0 spiro atoms. The van der Waals surface area contributed by atoms with Gasteiger partial charge in [0.1, 0.15) is 11.6 Å². The number of nitrogens with one attached hydrogen (secondary N) is 2. The van der Waals surface area contributed by atoms with Crippen molar-refractivity contribution in [2.75, 3.05) is 23.9 Å². The van der Waals surface area contributed by atoms with Gasteiger partial charge in [-0.1, -0.05) is 39.8 Å². The SMILES string of the molecule is CNc1cc(NC(C)c2cccc(Br)c2)nc(SC)n1. The van der Waals surface area contributed by atoms with Crippen LogP contribution in [-0.4, -0.2) is 23.3 Å². The van der Waals surface area contributed by atoms with Crippen LogP contribution >= 0.6 is 27.7 Å². The maximum absolute atomic E-state index is 4.48. The highest BCUT2D eigenvalue weighted by atomic mass is 79.9. The molecule has 2 aromatic rings. The molecule has 0 saturated carbocycles. The Morgan fingerprint density at radius 3 is 2.60 bits per heavy atom. The van der Waals surface area contributed by atoms with Gasteiger partial charge >= 0.3 is 0 Å². The van der Waals surface area contributed by atoms with Gasteiger partial charge in [-0.25, -0.2) is 9.97 Å². The average molecular weight is 353 g/mol. The standard InChI is InChI=1S/C14H17BrN4S/c1-9(10-5-4-6-11(15)7-10)17-13-8-12(16-2)18-14(19-13)20-3/h4-9H,1-3H3,(H2,16,17,18,19). The molecule has 1 unspecified atom stereocenters. The smallest absolute Gasteiger partial charge is 0.191 e. The predicted molar refractivity (Wildman–Crippen MR) is 89.5 cm³/mol. The number of hydrogen-bond acceptors (Lipinski definition) is 5. The van der Waals surface area contributed by atoms with E-state index in [0.717, 1.165) is 21.3 Å².